The van der Waals surface area contributed by atoms with Gasteiger partial charge in [-0.15, -0.1) is 0 Å². The minimum atomic E-state index is -0.759. The second-order valence-electron chi connectivity index (χ2n) is 3.50. The van der Waals surface area contributed by atoms with E-state index >= 15 is 0 Å². The Morgan fingerprint density at radius 1 is 1.32 bits per heavy atom. The van der Waals surface area contributed by atoms with Gasteiger partial charge in [-0.1, -0.05) is 12.2 Å². The Morgan fingerprint density at radius 3 is 2.74 bits per heavy atom. The third-order valence-corrected chi connectivity index (χ3v) is 2.98. The molecule has 0 fully saturated rings. The van der Waals surface area contributed by atoms with Gasteiger partial charge in [0.1, 0.15) is 22.3 Å². The zero-order valence-corrected chi connectivity index (χ0v) is 11.7. The Bertz CT molecular complexity index is 651. The molecule has 1 aromatic carbocycles. The van der Waals surface area contributed by atoms with Crippen LogP contribution in [-0.4, -0.2) is 15.0 Å². The summed E-state index contributed by atoms with van der Waals surface area (Å²) in [6.45, 7) is 0. The first-order valence-corrected chi connectivity index (χ1v) is 6.22. The number of nitrogens with two attached hydrogens (primary N) is 1. The SMILES string of the molecule is NC(=S)c1ccnc(Nc2cc(Br)c(F)cc2F)n1. The highest BCUT2D eigenvalue weighted by Gasteiger charge is 2.10. The first kappa shape index (κ1) is 13.8. The molecular formula is C11H7BrF2N4S. The van der Waals surface area contributed by atoms with E-state index in [1.54, 1.807) is 0 Å². The number of aromatic nitrogens is 2. The maximum absolute atomic E-state index is 13.5. The van der Waals surface area contributed by atoms with Crippen molar-refractivity contribution in [2.45, 2.75) is 0 Å². The molecule has 4 nitrogen and oxygen atoms in total. The predicted octanol–water partition coefficient (Wildman–Crippen LogP) is 2.90. The maximum Gasteiger partial charge on any atom is 0.227 e. The van der Waals surface area contributed by atoms with Crippen molar-refractivity contribution in [3.63, 3.8) is 0 Å². The lowest BCUT2D eigenvalue weighted by Crippen LogP contribution is -2.13. The molecule has 0 bridgehead atoms. The van der Waals surface area contributed by atoms with E-state index in [1.807, 2.05) is 0 Å². The molecule has 0 radical (unpaired) electrons. The molecule has 0 aliphatic carbocycles. The molecule has 0 unspecified atom stereocenters. The third kappa shape index (κ3) is 3.21. The van der Waals surface area contributed by atoms with Crippen molar-refractivity contribution in [1.82, 2.24) is 9.97 Å². The van der Waals surface area contributed by atoms with Crippen molar-refractivity contribution in [3.05, 3.63) is 46.2 Å². The molecule has 19 heavy (non-hydrogen) atoms. The van der Waals surface area contributed by atoms with E-state index in [1.165, 1.54) is 18.3 Å². The van der Waals surface area contributed by atoms with Gasteiger partial charge in [0.25, 0.3) is 0 Å². The molecule has 1 aromatic heterocycles. The van der Waals surface area contributed by atoms with Crippen LogP contribution in [0.4, 0.5) is 20.4 Å². The van der Waals surface area contributed by atoms with E-state index in [9.17, 15) is 8.78 Å². The van der Waals surface area contributed by atoms with Crippen LogP contribution in [0.25, 0.3) is 0 Å². The van der Waals surface area contributed by atoms with Gasteiger partial charge in [0.15, 0.2) is 0 Å². The first-order valence-electron chi connectivity index (χ1n) is 5.02. The average Bonchev–Trinajstić information content (AvgIpc) is 2.36. The Hall–Kier alpha value is -1.67. The fourth-order valence-electron chi connectivity index (χ4n) is 1.29. The van der Waals surface area contributed by atoms with Crippen LogP contribution in [0.15, 0.2) is 28.9 Å². The highest BCUT2D eigenvalue weighted by molar-refractivity contribution is 9.10. The number of halogens is 3. The number of rotatable bonds is 3. The van der Waals surface area contributed by atoms with Crippen molar-refractivity contribution in [1.29, 1.82) is 0 Å². The van der Waals surface area contributed by atoms with E-state index < -0.39 is 11.6 Å². The first-order chi connectivity index (χ1) is 8.97. The molecule has 2 aromatic rings. The third-order valence-electron chi connectivity index (χ3n) is 2.16. The van der Waals surface area contributed by atoms with Gasteiger partial charge in [0.05, 0.1) is 10.2 Å². The zero-order valence-electron chi connectivity index (χ0n) is 9.32. The summed E-state index contributed by atoms with van der Waals surface area (Å²) in [4.78, 5) is 8.00. The number of benzene rings is 1. The van der Waals surface area contributed by atoms with Gasteiger partial charge in [0.2, 0.25) is 5.95 Å². The molecular weight excluding hydrogens is 338 g/mol. The molecule has 0 saturated heterocycles. The van der Waals surface area contributed by atoms with Crippen LogP contribution in [0.2, 0.25) is 0 Å². The molecule has 0 aliphatic rings. The number of anilines is 2. The van der Waals surface area contributed by atoms with Gasteiger partial charge in [-0.3, -0.25) is 0 Å². The van der Waals surface area contributed by atoms with Crippen LogP contribution in [0, 0.1) is 11.6 Å². The number of thiocarbonyl (C=S) groups is 1. The Morgan fingerprint density at radius 2 is 2.05 bits per heavy atom. The van der Waals surface area contributed by atoms with Crippen LogP contribution < -0.4 is 11.1 Å². The van der Waals surface area contributed by atoms with Gasteiger partial charge < -0.3 is 11.1 Å². The lowest BCUT2D eigenvalue weighted by atomic mass is 10.3. The molecule has 0 saturated carbocycles. The minimum Gasteiger partial charge on any atom is -0.388 e. The zero-order chi connectivity index (χ0) is 14.0. The monoisotopic (exact) mass is 344 g/mol. The fraction of sp³-hybridized carbons (Fsp3) is 0. The van der Waals surface area contributed by atoms with Gasteiger partial charge in [-0.05, 0) is 28.1 Å². The summed E-state index contributed by atoms with van der Waals surface area (Å²) in [6, 6.07) is 3.54. The standard InChI is InChI=1S/C11H7BrF2N4S/c12-5-3-9(7(14)4-6(5)13)18-11-16-2-1-8(17-11)10(15)19/h1-4H,(H2,15,19)(H,16,17,18). The summed E-state index contributed by atoms with van der Waals surface area (Å²) >= 11 is 7.75. The summed E-state index contributed by atoms with van der Waals surface area (Å²) in [5.74, 6) is -1.34. The Labute approximate surface area is 121 Å². The van der Waals surface area contributed by atoms with E-state index in [4.69, 9.17) is 18.0 Å². The van der Waals surface area contributed by atoms with Crippen LogP contribution >= 0.6 is 28.1 Å². The fourth-order valence-corrected chi connectivity index (χ4v) is 1.75. The second kappa shape index (κ2) is 5.54. The van der Waals surface area contributed by atoms with E-state index in [2.05, 4.69) is 31.2 Å². The molecule has 1 heterocycles. The van der Waals surface area contributed by atoms with E-state index in [-0.39, 0.29) is 21.1 Å². The van der Waals surface area contributed by atoms with Crippen LogP contribution in [0.3, 0.4) is 0 Å². The normalized spacial score (nSPS) is 10.3. The molecule has 0 aliphatic heterocycles. The van der Waals surface area contributed by atoms with Crippen molar-refractivity contribution in [2.75, 3.05) is 5.32 Å². The Balaban J connectivity index is 2.33. The van der Waals surface area contributed by atoms with E-state index in [0.717, 1.165) is 6.07 Å². The van der Waals surface area contributed by atoms with Gasteiger partial charge in [-0.2, -0.15) is 0 Å². The quantitative estimate of drug-likeness (QED) is 0.662. The van der Waals surface area contributed by atoms with Crippen molar-refractivity contribution < 1.29 is 8.78 Å². The molecule has 0 atom stereocenters. The van der Waals surface area contributed by atoms with Crippen molar-refractivity contribution in [3.8, 4) is 0 Å². The predicted molar refractivity (Wildman–Crippen MR) is 75.3 cm³/mol. The van der Waals surface area contributed by atoms with E-state index in [0.29, 0.717) is 5.69 Å². The minimum absolute atomic E-state index is 0.0355. The number of nitrogens with zero attached hydrogens (tertiary/aromatic N) is 2. The van der Waals surface area contributed by atoms with Crippen LogP contribution in [-0.2, 0) is 0 Å². The summed E-state index contributed by atoms with van der Waals surface area (Å²) in [7, 11) is 0. The summed E-state index contributed by atoms with van der Waals surface area (Å²) in [6.07, 6.45) is 1.43. The largest absolute Gasteiger partial charge is 0.388 e. The van der Waals surface area contributed by atoms with Gasteiger partial charge in [-0.25, -0.2) is 18.7 Å². The lowest BCUT2D eigenvalue weighted by molar-refractivity contribution is 0.581. The number of hydrogen-bond acceptors (Lipinski definition) is 4. The second-order valence-corrected chi connectivity index (χ2v) is 4.80. The average molecular weight is 345 g/mol. The van der Waals surface area contributed by atoms with Crippen LogP contribution in [0.1, 0.15) is 5.69 Å². The highest BCUT2D eigenvalue weighted by Crippen LogP contribution is 2.25. The van der Waals surface area contributed by atoms with Gasteiger partial charge >= 0.3 is 0 Å². The number of hydrogen-bond donors (Lipinski definition) is 2. The highest BCUT2D eigenvalue weighted by atomic mass is 79.9. The molecule has 2 rings (SSSR count). The molecule has 0 amide bonds. The summed E-state index contributed by atoms with van der Waals surface area (Å²) < 4.78 is 26.8. The summed E-state index contributed by atoms with van der Waals surface area (Å²) in [5.41, 5.74) is 5.82. The smallest absolute Gasteiger partial charge is 0.227 e. The molecule has 0 spiro atoms. The number of nitrogens with one attached hydrogen (secondary N) is 1. The van der Waals surface area contributed by atoms with Crippen LogP contribution in [0.5, 0.6) is 0 Å². The maximum atomic E-state index is 13.5. The molecule has 8 heteroatoms. The van der Waals surface area contributed by atoms with Gasteiger partial charge in [0, 0.05) is 12.3 Å². The summed E-state index contributed by atoms with van der Waals surface area (Å²) in [5, 5.41) is 2.63. The lowest BCUT2D eigenvalue weighted by Gasteiger charge is -2.08. The Kier molecular flexibility index (Phi) is 4.01. The molecule has 98 valence electrons. The molecule has 3 N–H and O–H groups in total. The topological polar surface area (TPSA) is 63.8 Å². The van der Waals surface area contributed by atoms with Crippen molar-refractivity contribution >= 4 is 44.8 Å². The van der Waals surface area contributed by atoms with Crippen molar-refractivity contribution in [2.24, 2.45) is 5.73 Å².